The Bertz CT molecular complexity index is 697. The van der Waals surface area contributed by atoms with Crippen molar-refractivity contribution < 1.29 is 9.52 Å². The average molecular weight is 252 g/mol. The molecule has 2 aromatic carbocycles. The molecule has 0 spiro atoms. The summed E-state index contributed by atoms with van der Waals surface area (Å²) in [5, 5.41) is 11.4. The number of para-hydroxylation sites is 1. The summed E-state index contributed by atoms with van der Waals surface area (Å²) in [5.41, 5.74) is 4.03. The molecule has 3 aromatic rings. The Kier molecular flexibility index (Phi) is 3.10. The van der Waals surface area contributed by atoms with Gasteiger partial charge in [-0.3, -0.25) is 0 Å². The summed E-state index contributed by atoms with van der Waals surface area (Å²) in [4.78, 5) is 0. The van der Waals surface area contributed by atoms with Gasteiger partial charge in [-0.05, 0) is 18.6 Å². The van der Waals surface area contributed by atoms with Gasteiger partial charge in [0.1, 0.15) is 5.58 Å². The molecule has 0 aliphatic rings. The molecule has 19 heavy (non-hydrogen) atoms. The molecule has 2 nitrogen and oxygen atoms in total. The Morgan fingerprint density at radius 1 is 1.11 bits per heavy atom. The van der Waals surface area contributed by atoms with Gasteiger partial charge in [0, 0.05) is 17.4 Å². The van der Waals surface area contributed by atoms with Crippen molar-refractivity contribution in [3.05, 3.63) is 71.5 Å². The van der Waals surface area contributed by atoms with Gasteiger partial charge in [0.2, 0.25) is 0 Å². The molecule has 0 fully saturated rings. The van der Waals surface area contributed by atoms with Gasteiger partial charge in [0.05, 0.1) is 12.4 Å². The predicted octanol–water partition coefficient (Wildman–Crippen LogP) is 4.02. The Balaban J connectivity index is 1.90. The lowest BCUT2D eigenvalue weighted by molar-refractivity contribution is 0.179. The molecule has 1 heterocycles. The second-order valence-electron chi connectivity index (χ2n) is 4.90. The fourth-order valence-corrected chi connectivity index (χ4v) is 2.43. The molecule has 1 N–H and O–H groups in total. The van der Waals surface area contributed by atoms with E-state index >= 15 is 0 Å². The van der Waals surface area contributed by atoms with Crippen LogP contribution in [0.2, 0.25) is 0 Å². The highest BCUT2D eigenvalue weighted by molar-refractivity contribution is 5.81. The zero-order valence-electron chi connectivity index (χ0n) is 10.8. The van der Waals surface area contributed by atoms with Crippen molar-refractivity contribution in [1.82, 2.24) is 0 Å². The van der Waals surface area contributed by atoms with E-state index in [-0.39, 0.29) is 0 Å². The normalized spacial score (nSPS) is 12.7. The van der Waals surface area contributed by atoms with Crippen LogP contribution < -0.4 is 0 Å². The lowest BCUT2D eigenvalue weighted by Crippen LogP contribution is -2.01. The third-order valence-corrected chi connectivity index (χ3v) is 3.38. The molecule has 0 saturated heterocycles. The Morgan fingerprint density at radius 3 is 2.79 bits per heavy atom. The number of furan rings is 1. The summed E-state index contributed by atoms with van der Waals surface area (Å²) in [6.45, 7) is 2.06. The van der Waals surface area contributed by atoms with E-state index in [4.69, 9.17) is 4.42 Å². The smallest absolute Gasteiger partial charge is 0.134 e. The lowest BCUT2D eigenvalue weighted by Gasteiger charge is -2.09. The number of hydrogen-bond donors (Lipinski definition) is 1. The average Bonchev–Trinajstić information content (AvgIpc) is 2.82. The summed E-state index contributed by atoms with van der Waals surface area (Å²) in [5.74, 6) is 0. The summed E-state index contributed by atoms with van der Waals surface area (Å²) >= 11 is 0. The van der Waals surface area contributed by atoms with Crippen LogP contribution in [-0.2, 0) is 6.42 Å². The van der Waals surface area contributed by atoms with Crippen molar-refractivity contribution in [3.8, 4) is 0 Å². The minimum absolute atomic E-state index is 0.537. The van der Waals surface area contributed by atoms with Crippen LogP contribution in [0.25, 0.3) is 11.0 Å². The van der Waals surface area contributed by atoms with Gasteiger partial charge in [-0.1, -0.05) is 48.0 Å². The number of fused-ring (bicyclic) bond motifs is 1. The molecule has 3 rings (SSSR count). The highest BCUT2D eigenvalue weighted by Crippen LogP contribution is 2.28. The highest BCUT2D eigenvalue weighted by Gasteiger charge is 2.14. The lowest BCUT2D eigenvalue weighted by atomic mass is 10.00. The van der Waals surface area contributed by atoms with Crippen molar-refractivity contribution in [2.45, 2.75) is 19.4 Å². The molecule has 0 aliphatic heterocycles. The number of aryl methyl sites for hydroxylation is 1. The second kappa shape index (κ2) is 4.90. The van der Waals surface area contributed by atoms with Crippen LogP contribution in [0.1, 0.15) is 22.8 Å². The van der Waals surface area contributed by atoms with Crippen LogP contribution in [0.5, 0.6) is 0 Å². The monoisotopic (exact) mass is 252 g/mol. The third kappa shape index (κ3) is 2.40. The minimum Gasteiger partial charge on any atom is -0.464 e. The van der Waals surface area contributed by atoms with E-state index in [0.717, 1.165) is 22.1 Å². The maximum atomic E-state index is 10.4. The van der Waals surface area contributed by atoms with Crippen LogP contribution in [0.15, 0.2) is 59.2 Å². The van der Waals surface area contributed by atoms with Crippen molar-refractivity contribution >= 4 is 11.0 Å². The molecule has 0 bridgehead atoms. The van der Waals surface area contributed by atoms with Gasteiger partial charge in [0.25, 0.3) is 0 Å². The van der Waals surface area contributed by atoms with E-state index < -0.39 is 6.10 Å². The molecular weight excluding hydrogens is 236 g/mol. The van der Waals surface area contributed by atoms with Crippen molar-refractivity contribution in [2.24, 2.45) is 0 Å². The number of hydrogen-bond acceptors (Lipinski definition) is 2. The van der Waals surface area contributed by atoms with Crippen LogP contribution >= 0.6 is 0 Å². The Morgan fingerprint density at radius 2 is 1.95 bits per heavy atom. The summed E-state index contributed by atoms with van der Waals surface area (Å²) < 4.78 is 5.47. The van der Waals surface area contributed by atoms with Gasteiger partial charge in [-0.2, -0.15) is 0 Å². The van der Waals surface area contributed by atoms with Crippen LogP contribution in [0, 0.1) is 6.92 Å². The first kappa shape index (κ1) is 12.0. The van der Waals surface area contributed by atoms with Gasteiger partial charge >= 0.3 is 0 Å². The highest BCUT2D eigenvalue weighted by atomic mass is 16.3. The minimum atomic E-state index is -0.537. The van der Waals surface area contributed by atoms with E-state index in [2.05, 4.69) is 19.1 Å². The fourth-order valence-electron chi connectivity index (χ4n) is 2.43. The number of rotatable bonds is 3. The van der Waals surface area contributed by atoms with E-state index in [9.17, 15) is 5.11 Å². The number of aliphatic hydroxyl groups excluding tert-OH is 1. The Labute approximate surface area is 112 Å². The van der Waals surface area contributed by atoms with Crippen molar-refractivity contribution in [2.75, 3.05) is 0 Å². The van der Waals surface area contributed by atoms with Gasteiger partial charge in [-0.25, -0.2) is 0 Å². The summed E-state index contributed by atoms with van der Waals surface area (Å²) in [6.07, 6.45) is 1.72. The zero-order valence-corrected chi connectivity index (χ0v) is 10.8. The van der Waals surface area contributed by atoms with Crippen molar-refractivity contribution in [1.29, 1.82) is 0 Å². The Hall–Kier alpha value is -2.06. The largest absolute Gasteiger partial charge is 0.464 e. The molecule has 1 atom stereocenters. The molecule has 2 heteroatoms. The first-order valence-electron chi connectivity index (χ1n) is 6.44. The SMILES string of the molecule is Cc1cccc(CC(O)c2coc3ccccc23)c1. The maximum Gasteiger partial charge on any atom is 0.134 e. The molecule has 1 aromatic heterocycles. The van der Waals surface area contributed by atoms with Crippen LogP contribution in [0.3, 0.4) is 0 Å². The standard InChI is InChI=1S/C17H16O2/c1-12-5-4-6-13(9-12)10-16(18)15-11-19-17-8-3-2-7-14(15)17/h2-9,11,16,18H,10H2,1H3. The molecule has 0 aliphatic carbocycles. The zero-order chi connectivity index (χ0) is 13.2. The van der Waals surface area contributed by atoms with E-state index in [1.165, 1.54) is 5.56 Å². The second-order valence-corrected chi connectivity index (χ2v) is 4.90. The molecule has 0 saturated carbocycles. The third-order valence-electron chi connectivity index (χ3n) is 3.38. The van der Waals surface area contributed by atoms with E-state index in [1.807, 2.05) is 36.4 Å². The fraction of sp³-hybridized carbons (Fsp3) is 0.176. The van der Waals surface area contributed by atoms with Gasteiger partial charge in [0.15, 0.2) is 0 Å². The molecule has 0 amide bonds. The maximum absolute atomic E-state index is 10.4. The van der Waals surface area contributed by atoms with E-state index in [0.29, 0.717) is 6.42 Å². The van der Waals surface area contributed by atoms with Crippen molar-refractivity contribution in [3.63, 3.8) is 0 Å². The number of benzene rings is 2. The van der Waals surface area contributed by atoms with Crippen LogP contribution in [-0.4, -0.2) is 5.11 Å². The first-order chi connectivity index (χ1) is 9.24. The van der Waals surface area contributed by atoms with Gasteiger partial charge < -0.3 is 9.52 Å². The summed E-state index contributed by atoms with van der Waals surface area (Å²) in [7, 11) is 0. The van der Waals surface area contributed by atoms with E-state index in [1.54, 1.807) is 6.26 Å². The van der Waals surface area contributed by atoms with Gasteiger partial charge in [-0.15, -0.1) is 0 Å². The quantitative estimate of drug-likeness (QED) is 0.763. The number of aliphatic hydroxyl groups is 1. The van der Waals surface area contributed by atoms with Crippen LogP contribution in [0.4, 0.5) is 0 Å². The molecule has 1 unspecified atom stereocenters. The molecule has 0 radical (unpaired) electrons. The first-order valence-corrected chi connectivity index (χ1v) is 6.44. The molecule has 96 valence electrons. The topological polar surface area (TPSA) is 33.4 Å². The molecular formula is C17H16O2. The summed E-state index contributed by atoms with van der Waals surface area (Å²) in [6, 6.07) is 16.0. The predicted molar refractivity (Wildman–Crippen MR) is 76.1 cm³/mol.